The number of amides is 1. The van der Waals surface area contributed by atoms with Crippen LogP contribution in [-0.4, -0.2) is 57.2 Å². The van der Waals surface area contributed by atoms with Crippen molar-refractivity contribution in [3.63, 3.8) is 0 Å². The lowest BCUT2D eigenvalue weighted by Crippen LogP contribution is -2.38. The van der Waals surface area contributed by atoms with Crippen molar-refractivity contribution in [2.24, 2.45) is 5.92 Å². The molecule has 0 radical (unpaired) electrons. The third-order valence-corrected chi connectivity index (χ3v) is 3.36. The summed E-state index contributed by atoms with van der Waals surface area (Å²) in [4.78, 5) is 14.2. The summed E-state index contributed by atoms with van der Waals surface area (Å²) in [6.45, 7) is 6.52. The maximum absolute atomic E-state index is 11.7. The van der Waals surface area contributed by atoms with Crippen molar-refractivity contribution >= 4 is 5.91 Å². The van der Waals surface area contributed by atoms with Crippen molar-refractivity contribution in [3.05, 3.63) is 6.33 Å². The van der Waals surface area contributed by atoms with E-state index in [2.05, 4.69) is 32.7 Å². The molecule has 0 bridgehead atoms. The van der Waals surface area contributed by atoms with Gasteiger partial charge in [0.1, 0.15) is 12.9 Å². The van der Waals surface area contributed by atoms with Crippen LogP contribution >= 0.6 is 0 Å². The molecule has 19 heavy (non-hydrogen) atoms. The molecule has 2 heterocycles. The number of carbonyl (C=O) groups excluding carboxylic acids is 1. The summed E-state index contributed by atoms with van der Waals surface area (Å²) in [7, 11) is 0. The topological polar surface area (TPSA) is 75.9 Å². The van der Waals surface area contributed by atoms with E-state index in [4.69, 9.17) is 0 Å². The van der Waals surface area contributed by atoms with Crippen LogP contribution in [-0.2, 0) is 11.3 Å². The van der Waals surface area contributed by atoms with Crippen molar-refractivity contribution < 1.29 is 4.79 Å². The zero-order valence-corrected chi connectivity index (χ0v) is 11.5. The molecule has 1 amide bonds. The Morgan fingerprint density at radius 2 is 2.16 bits per heavy atom. The van der Waals surface area contributed by atoms with Gasteiger partial charge >= 0.3 is 0 Å². The van der Waals surface area contributed by atoms with Gasteiger partial charge in [-0.3, -0.25) is 4.79 Å². The molecule has 2 rings (SSSR count). The summed E-state index contributed by atoms with van der Waals surface area (Å²) in [6.07, 6.45) is 5.40. The van der Waals surface area contributed by atoms with E-state index in [9.17, 15) is 4.79 Å². The first kappa shape index (κ1) is 13.9. The fraction of sp³-hybridized carbons (Fsp3) is 0.833. The van der Waals surface area contributed by atoms with Crippen LogP contribution in [0.4, 0.5) is 0 Å². The SMILES string of the molecule is CC(CNC(=O)Cn1cnnn1)CN1CCCCC1. The number of nitrogens with zero attached hydrogens (tertiary/aromatic N) is 5. The van der Waals surface area contributed by atoms with E-state index in [1.54, 1.807) is 0 Å². The van der Waals surface area contributed by atoms with E-state index in [1.165, 1.54) is 43.4 Å². The zero-order valence-electron chi connectivity index (χ0n) is 11.5. The molecule has 1 fully saturated rings. The predicted octanol–water partition coefficient (Wildman–Crippen LogP) is -0.0887. The molecule has 1 aromatic rings. The van der Waals surface area contributed by atoms with E-state index < -0.39 is 0 Å². The molecule has 0 saturated carbocycles. The second-order valence-electron chi connectivity index (χ2n) is 5.28. The Morgan fingerprint density at radius 3 is 2.84 bits per heavy atom. The Balaban J connectivity index is 1.62. The summed E-state index contributed by atoms with van der Waals surface area (Å²) in [5.74, 6) is 0.425. The van der Waals surface area contributed by atoms with Gasteiger partial charge < -0.3 is 10.2 Å². The lowest BCUT2D eigenvalue weighted by molar-refractivity contribution is -0.122. The van der Waals surface area contributed by atoms with Crippen molar-refractivity contribution in [1.82, 2.24) is 30.4 Å². The first-order valence-corrected chi connectivity index (χ1v) is 6.94. The summed E-state index contributed by atoms with van der Waals surface area (Å²) in [5.41, 5.74) is 0. The average Bonchev–Trinajstić information content (AvgIpc) is 2.90. The van der Waals surface area contributed by atoms with Crippen LogP contribution in [0.15, 0.2) is 6.33 Å². The van der Waals surface area contributed by atoms with Gasteiger partial charge in [0.25, 0.3) is 0 Å². The van der Waals surface area contributed by atoms with E-state index >= 15 is 0 Å². The number of piperidine rings is 1. The molecule has 1 saturated heterocycles. The molecular weight excluding hydrogens is 244 g/mol. The van der Waals surface area contributed by atoms with Crippen LogP contribution in [0.1, 0.15) is 26.2 Å². The van der Waals surface area contributed by atoms with Gasteiger partial charge in [0.2, 0.25) is 5.91 Å². The van der Waals surface area contributed by atoms with Crippen LogP contribution < -0.4 is 5.32 Å². The van der Waals surface area contributed by atoms with Crippen LogP contribution in [0, 0.1) is 5.92 Å². The number of tetrazole rings is 1. The molecule has 1 aliphatic heterocycles. The largest absolute Gasteiger partial charge is 0.354 e. The maximum atomic E-state index is 11.7. The van der Waals surface area contributed by atoms with Gasteiger partial charge in [0, 0.05) is 13.1 Å². The van der Waals surface area contributed by atoms with Crippen LogP contribution in [0.2, 0.25) is 0 Å². The molecule has 1 atom stereocenters. The minimum Gasteiger partial charge on any atom is -0.354 e. The number of nitrogens with one attached hydrogen (secondary N) is 1. The Hall–Kier alpha value is -1.50. The van der Waals surface area contributed by atoms with E-state index in [0.717, 1.165) is 6.54 Å². The molecule has 1 aromatic heterocycles. The first-order chi connectivity index (χ1) is 9.24. The number of carbonyl (C=O) groups is 1. The number of aromatic nitrogens is 4. The molecular formula is C12H22N6O. The van der Waals surface area contributed by atoms with Crippen molar-refractivity contribution in [3.8, 4) is 0 Å². The van der Waals surface area contributed by atoms with Gasteiger partial charge in [-0.05, 0) is 42.3 Å². The van der Waals surface area contributed by atoms with Gasteiger partial charge in [-0.2, -0.15) is 0 Å². The van der Waals surface area contributed by atoms with Gasteiger partial charge in [-0.25, -0.2) is 4.68 Å². The third-order valence-electron chi connectivity index (χ3n) is 3.36. The van der Waals surface area contributed by atoms with Crippen molar-refractivity contribution in [1.29, 1.82) is 0 Å². The Kier molecular flexibility index (Phi) is 5.26. The zero-order chi connectivity index (χ0) is 13.5. The summed E-state index contributed by atoms with van der Waals surface area (Å²) >= 11 is 0. The lowest BCUT2D eigenvalue weighted by atomic mass is 10.1. The summed E-state index contributed by atoms with van der Waals surface area (Å²) < 4.78 is 1.42. The van der Waals surface area contributed by atoms with Gasteiger partial charge in [-0.15, -0.1) is 5.10 Å². The van der Waals surface area contributed by atoms with Crippen molar-refractivity contribution in [2.45, 2.75) is 32.7 Å². The van der Waals surface area contributed by atoms with E-state index in [1.807, 2.05) is 0 Å². The summed E-state index contributed by atoms with van der Waals surface area (Å²) in [5, 5.41) is 13.6. The van der Waals surface area contributed by atoms with Crippen LogP contribution in [0.3, 0.4) is 0 Å². The molecule has 0 aromatic carbocycles. The van der Waals surface area contributed by atoms with E-state index in [-0.39, 0.29) is 12.5 Å². The molecule has 0 aliphatic carbocycles. The number of rotatable bonds is 6. The highest BCUT2D eigenvalue weighted by molar-refractivity contribution is 5.75. The number of likely N-dealkylation sites (tertiary alicyclic amines) is 1. The highest BCUT2D eigenvalue weighted by Gasteiger charge is 2.14. The fourth-order valence-electron chi connectivity index (χ4n) is 2.39. The second kappa shape index (κ2) is 7.18. The van der Waals surface area contributed by atoms with Crippen molar-refractivity contribution in [2.75, 3.05) is 26.2 Å². The minimum absolute atomic E-state index is 0.0437. The van der Waals surface area contributed by atoms with E-state index in [0.29, 0.717) is 12.5 Å². The fourth-order valence-corrected chi connectivity index (χ4v) is 2.39. The van der Waals surface area contributed by atoms with Crippen LogP contribution in [0.25, 0.3) is 0 Å². The highest BCUT2D eigenvalue weighted by Crippen LogP contribution is 2.10. The normalized spacial score (nSPS) is 18.2. The Labute approximate surface area is 113 Å². The van der Waals surface area contributed by atoms with Gasteiger partial charge in [0.05, 0.1) is 0 Å². The third kappa shape index (κ3) is 4.94. The predicted molar refractivity (Wildman–Crippen MR) is 70.3 cm³/mol. The number of hydrogen-bond acceptors (Lipinski definition) is 5. The van der Waals surface area contributed by atoms with Gasteiger partial charge in [0.15, 0.2) is 0 Å². The molecule has 106 valence electrons. The minimum atomic E-state index is -0.0437. The maximum Gasteiger partial charge on any atom is 0.241 e. The molecule has 1 N–H and O–H groups in total. The number of hydrogen-bond donors (Lipinski definition) is 1. The average molecular weight is 266 g/mol. The molecule has 1 unspecified atom stereocenters. The lowest BCUT2D eigenvalue weighted by Gasteiger charge is -2.29. The monoisotopic (exact) mass is 266 g/mol. The Bertz CT molecular complexity index is 374. The Morgan fingerprint density at radius 1 is 1.37 bits per heavy atom. The van der Waals surface area contributed by atoms with Crippen LogP contribution in [0.5, 0.6) is 0 Å². The molecule has 1 aliphatic rings. The molecule has 7 nitrogen and oxygen atoms in total. The highest BCUT2D eigenvalue weighted by atomic mass is 16.2. The molecule has 0 spiro atoms. The second-order valence-corrected chi connectivity index (χ2v) is 5.28. The smallest absolute Gasteiger partial charge is 0.241 e. The first-order valence-electron chi connectivity index (χ1n) is 6.94. The quantitative estimate of drug-likeness (QED) is 0.779. The standard InChI is InChI=1S/C12H22N6O/c1-11(8-17-5-3-2-4-6-17)7-13-12(19)9-18-10-14-15-16-18/h10-11H,2-9H2,1H3,(H,13,19). The molecule has 7 heteroatoms. The van der Waals surface area contributed by atoms with Gasteiger partial charge in [-0.1, -0.05) is 13.3 Å². The summed E-state index contributed by atoms with van der Waals surface area (Å²) in [6, 6.07) is 0.